The van der Waals surface area contributed by atoms with E-state index < -0.39 is 23.5 Å². The van der Waals surface area contributed by atoms with Crippen LogP contribution in [0.2, 0.25) is 0 Å². The third-order valence-electron chi connectivity index (χ3n) is 5.96. The van der Waals surface area contributed by atoms with Crippen LogP contribution in [-0.4, -0.2) is 57.9 Å². The number of benzene rings is 1. The minimum atomic E-state index is -4.74. The molecule has 3 aromatic rings. The predicted molar refractivity (Wildman–Crippen MR) is 144 cm³/mol. The molecule has 1 unspecified atom stereocenters. The molecule has 2 amide bonds. The van der Waals surface area contributed by atoms with Crippen LogP contribution in [0.25, 0.3) is 0 Å². The van der Waals surface area contributed by atoms with E-state index in [1.165, 1.54) is 26.2 Å². The van der Waals surface area contributed by atoms with Gasteiger partial charge in [-0.1, -0.05) is 12.6 Å². The van der Waals surface area contributed by atoms with Crippen molar-refractivity contribution >= 4 is 46.5 Å². The van der Waals surface area contributed by atoms with E-state index in [2.05, 4.69) is 42.8 Å². The fraction of sp³-hybridized carbons (Fsp3) is 0.269. The third kappa shape index (κ3) is 6.95. The molecule has 4 rings (SSSR count). The third-order valence-corrected chi connectivity index (χ3v) is 5.96. The lowest BCUT2D eigenvalue weighted by Gasteiger charge is -2.17. The summed E-state index contributed by atoms with van der Waals surface area (Å²) in [6, 6.07) is 9.44. The number of carbonyl (C=O) groups excluding carboxylic acids is 2. The van der Waals surface area contributed by atoms with Crippen molar-refractivity contribution in [2.24, 2.45) is 0 Å². The number of methoxy groups -OCH3 is 1. The second-order valence-electron chi connectivity index (χ2n) is 8.83. The van der Waals surface area contributed by atoms with Gasteiger partial charge in [0.2, 0.25) is 23.6 Å². The highest BCUT2D eigenvalue weighted by atomic mass is 19.4. The molecule has 1 aliphatic heterocycles. The summed E-state index contributed by atoms with van der Waals surface area (Å²) in [5, 5.41) is 11.3. The van der Waals surface area contributed by atoms with Crippen molar-refractivity contribution in [2.75, 3.05) is 41.5 Å². The summed E-state index contributed by atoms with van der Waals surface area (Å²) in [6.07, 6.45) is -2.23. The predicted octanol–water partition coefficient (Wildman–Crippen LogP) is 4.54. The molecule has 1 saturated heterocycles. The summed E-state index contributed by atoms with van der Waals surface area (Å²) in [5.41, 5.74) is -0.155. The zero-order valence-corrected chi connectivity index (χ0v) is 21.7. The summed E-state index contributed by atoms with van der Waals surface area (Å²) >= 11 is 0. The van der Waals surface area contributed by atoms with E-state index in [1.807, 2.05) is 0 Å². The van der Waals surface area contributed by atoms with Crippen LogP contribution >= 0.6 is 0 Å². The Labute approximate surface area is 227 Å². The first-order valence-electron chi connectivity index (χ1n) is 12.1. The van der Waals surface area contributed by atoms with Crippen LogP contribution in [0, 0.1) is 0 Å². The van der Waals surface area contributed by atoms with E-state index in [0.29, 0.717) is 36.5 Å². The van der Waals surface area contributed by atoms with Crippen LogP contribution in [0.15, 0.2) is 55.3 Å². The molecule has 0 radical (unpaired) electrons. The molecule has 0 saturated carbocycles. The number of pyridine rings is 1. The molecule has 3 heterocycles. The van der Waals surface area contributed by atoms with Gasteiger partial charge in [-0.15, -0.1) is 0 Å². The molecule has 4 N–H and O–H groups in total. The van der Waals surface area contributed by atoms with Crippen LogP contribution in [0.5, 0.6) is 5.88 Å². The molecule has 1 atom stereocenters. The maximum atomic E-state index is 13.7. The number of carbonyl (C=O) groups is 2. The van der Waals surface area contributed by atoms with E-state index in [9.17, 15) is 22.8 Å². The highest BCUT2D eigenvalue weighted by Crippen LogP contribution is 2.36. The van der Waals surface area contributed by atoms with Crippen molar-refractivity contribution < 1.29 is 27.5 Å². The summed E-state index contributed by atoms with van der Waals surface area (Å²) in [5.74, 6) is -0.426. The fourth-order valence-electron chi connectivity index (χ4n) is 4.01. The summed E-state index contributed by atoms with van der Waals surface area (Å²) < 4.78 is 46.6. The molecule has 11 nitrogen and oxygen atoms in total. The fourth-order valence-corrected chi connectivity index (χ4v) is 4.01. The molecular formula is C26H27F3N8O3. The normalized spacial score (nSPS) is 14.8. The number of ether oxygens (including phenoxy) is 1. The number of amides is 2. The molecule has 1 aliphatic rings. The quantitative estimate of drug-likeness (QED) is 0.280. The topological polar surface area (TPSA) is 133 Å². The van der Waals surface area contributed by atoms with Crippen molar-refractivity contribution in [2.45, 2.75) is 25.6 Å². The van der Waals surface area contributed by atoms with Crippen LogP contribution in [0.1, 0.15) is 18.9 Å². The number of hydrogen-bond acceptors (Lipinski definition) is 9. The van der Waals surface area contributed by atoms with Crippen LogP contribution in [0.3, 0.4) is 0 Å². The number of nitrogens with one attached hydrogen (secondary N) is 4. The number of rotatable bonds is 9. The van der Waals surface area contributed by atoms with Gasteiger partial charge in [-0.2, -0.15) is 23.1 Å². The molecular weight excluding hydrogens is 529 g/mol. The standard InChI is InChI=1S/C26H27F3N8O3/c1-4-22(39)32-16-6-5-7-17(12-16)33-23-19(26(27,28)29)13-30-25(36-23)34-20-8-9-21(35-24(20)40-3)31-18-10-11-37(14-18)15(2)38/h4-9,12-13,18H,1,10-11,14H2,2-3H3,(H,31,35)(H,32,39)(H2,30,33,34,36). The Bertz CT molecular complexity index is 1420. The summed E-state index contributed by atoms with van der Waals surface area (Å²) in [4.78, 5) is 37.2. The Morgan fingerprint density at radius 1 is 1.15 bits per heavy atom. The van der Waals surface area contributed by atoms with Gasteiger partial charge in [0, 0.05) is 43.6 Å². The summed E-state index contributed by atoms with van der Waals surface area (Å²) in [6.45, 7) is 6.10. The van der Waals surface area contributed by atoms with Crippen LogP contribution in [-0.2, 0) is 15.8 Å². The van der Waals surface area contributed by atoms with Crippen molar-refractivity contribution in [1.82, 2.24) is 19.9 Å². The van der Waals surface area contributed by atoms with Crippen molar-refractivity contribution in [1.29, 1.82) is 0 Å². The van der Waals surface area contributed by atoms with Gasteiger partial charge >= 0.3 is 6.18 Å². The van der Waals surface area contributed by atoms with Gasteiger partial charge in [-0.3, -0.25) is 9.59 Å². The van der Waals surface area contributed by atoms with Crippen LogP contribution < -0.4 is 26.0 Å². The minimum Gasteiger partial charge on any atom is -0.479 e. The van der Waals surface area contributed by atoms with E-state index in [0.717, 1.165) is 12.5 Å². The Hall–Kier alpha value is -4.88. The number of aromatic nitrogens is 3. The van der Waals surface area contributed by atoms with Crippen molar-refractivity contribution in [3.8, 4) is 5.88 Å². The first-order valence-corrected chi connectivity index (χ1v) is 12.1. The van der Waals surface area contributed by atoms with Crippen molar-refractivity contribution in [3.63, 3.8) is 0 Å². The van der Waals surface area contributed by atoms with Gasteiger partial charge in [-0.25, -0.2) is 4.98 Å². The lowest BCUT2D eigenvalue weighted by Crippen LogP contribution is -2.29. The van der Waals surface area contributed by atoms with Gasteiger partial charge in [0.1, 0.15) is 22.9 Å². The van der Waals surface area contributed by atoms with Gasteiger partial charge < -0.3 is 30.9 Å². The Balaban J connectivity index is 1.55. The number of anilines is 6. The zero-order chi connectivity index (χ0) is 28.9. The largest absolute Gasteiger partial charge is 0.479 e. The Morgan fingerprint density at radius 2 is 1.93 bits per heavy atom. The molecule has 0 spiro atoms. The lowest BCUT2D eigenvalue weighted by atomic mass is 10.2. The maximum absolute atomic E-state index is 13.7. The number of likely N-dealkylation sites (tertiary alicyclic amines) is 1. The van der Waals surface area contributed by atoms with E-state index in [-0.39, 0.29) is 29.5 Å². The number of halogens is 3. The zero-order valence-electron chi connectivity index (χ0n) is 21.7. The van der Waals surface area contributed by atoms with E-state index in [4.69, 9.17) is 4.74 Å². The number of alkyl halides is 3. The molecule has 14 heteroatoms. The highest BCUT2D eigenvalue weighted by Gasteiger charge is 2.35. The van der Waals surface area contributed by atoms with Crippen LogP contribution in [0.4, 0.5) is 47.8 Å². The Kier molecular flexibility index (Phi) is 8.36. The molecule has 1 fully saturated rings. The lowest BCUT2D eigenvalue weighted by molar-refractivity contribution is -0.137. The average Bonchev–Trinajstić information content (AvgIpc) is 3.38. The SMILES string of the molecule is C=CC(=O)Nc1cccc(Nc2nc(Nc3ccc(NC4CCN(C(C)=O)C4)nc3OC)ncc2C(F)(F)F)c1. The molecule has 1 aromatic carbocycles. The first kappa shape index (κ1) is 28.1. The molecule has 40 heavy (non-hydrogen) atoms. The van der Waals surface area contributed by atoms with Gasteiger partial charge in [0.25, 0.3) is 0 Å². The first-order chi connectivity index (χ1) is 19.0. The van der Waals surface area contributed by atoms with E-state index >= 15 is 0 Å². The molecule has 0 bridgehead atoms. The molecule has 210 valence electrons. The number of hydrogen-bond donors (Lipinski definition) is 4. The average molecular weight is 557 g/mol. The monoisotopic (exact) mass is 556 g/mol. The van der Waals surface area contributed by atoms with E-state index in [1.54, 1.807) is 29.2 Å². The second-order valence-corrected chi connectivity index (χ2v) is 8.83. The van der Waals surface area contributed by atoms with Gasteiger partial charge in [-0.05, 0) is 42.8 Å². The van der Waals surface area contributed by atoms with Gasteiger partial charge in [0.15, 0.2) is 0 Å². The van der Waals surface area contributed by atoms with Crippen molar-refractivity contribution in [3.05, 3.63) is 60.8 Å². The Morgan fingerprint density at radius 3 is 2.60 bits per heavy atom. The van der Waals surface area contributed by atoms with Gasteiger partial charge in [0.05, 0.1) is 7.11 Å². The molecule has 2 aromatic heterocycles. The second kappa shape index (κ2) is 11.9. The smallest absolute Gasteiger partial charge is 0.421 e. The maximum Gasteiger partial charge on any atom is 0.421 e. The number of nitrogens with zero attached hydrogens (tertiary/aromatic N) is 4. The highest BCUT2D eigenvalue weighted by molar-refractivity contribution is 5.99. The minimum absolute atomic E-state index is 0.00644. The molecule has 0 aliphatic carbocycles. The summed E-state index contributed by atoms with van der Waals surface area (Å²) in [7, 11) is 1.41.